The molecule has 0 aliphatic carbocycles. The lowest BCUT2D eigenvalue weighted by atomic mass is 9.94. The highest BCUT2D eigenvalue weighted by Crippen LogP contribution is 2.20. The number of H-pyrrole nitrogens is 2. The molecule has 0 radical (unpaired) electrons. The Morgan fingerprint density at radius 3 is 1.99 bits per heavy atom. The predicted octanol–water partition coefficient (Wildman–Crippen LogP) is -0.672. The number of fused-ring (bicyclic) bond motifs is 1. The molecule has 22 nitrogen and oxygen atoms in total. The van der Waals surface area contributed by atoms with Crippen molar-refractivity contribution >= 4 is 64.1 Å². The Morgan fingerprint density at radius 2 is 1.37 bits per heavy atom. The Kier molecular flexibility index (Phi) is 22.1. The molecule has 15 N–H and O–H groups in total. The summed E-state index contributed by atoms with van der Waals surface area (Å²) in [5.74, 6) is -6.14. The first kappa shape index (κ1) is 55.5. The molecule has 3 rings (SSSR count). The monoisotopic (exact) mass is 950 g/mol. The normalized spacial score (nSPS) is 14.9. The zero-order valence-corrected chi connectivity index (χ0v) is 40.0. The van der Waals surface area contributed by atoms with E-state index in [1.54, 1.807) is 20.0 Å². The Bertz CT molecular complexity index is 2190. The van der Waals surface area contributed by atoms with E-state index in [4.69, 9.17) is 17.2 Å². The van der Waals surface area contributed by atoms with Crippen molar-refractivity contribution in [2.75, 3.05) is 6.54 Å². The quantitative estimate of drug-likeness (QED) is 0.0414. The number of carbonyl (C=O) groups excluding carboxylic acids is 9. The molecule has 22 heteroatoms. The number of para-hydroxylation sites is 1. The molecule has 374 valence electrons. The van der Waals surface area contributed by atoms with E-state index < -0.39 is 101 Å². The van der Waals surface area contributed by atoms with Crippen LogP contribution in [0.15, 0.2) is 43.0 Å². The van der Waals surface area contributed by atoms with Gasteiger partial charge in [0.15, 0.2) is 0 Å². The lowest BCUT2D eigenvalue weighted by Gasteiger charge is -2.28. The molecule has 0 bridgehead atoms. The van der Waals surface area contributed by atoms with Crippen molar-refractivity contribution in [1.29, 1.82) is 0 Å². The average molecular weight is 950 g/mol. The van der Waals surface area contributed by atoms with Gasteiger partial charge in [-0.15, -0.1) is 0 Å². The van der Waals surface area contributed by atoms with Gasteiger partial charge >= 0.3 is 0 Å². The first-order valence-electron chi connectivity index (χ1n) is 23.0. The van der Waals surface area contributed by atoms with Crippen LogP contribution in [0.2, 0.25) is 0 Å². The molecule has 0 fully saturated rings. The molecule has 9 amide bonds. The molecule has 1 unspecified atom stereocenters. The third-order valence-electron chi connectivity index (χ3n) is 11.5. The summed E-state index contributed by atoms with van der Waals surface area (Å²) in [5, 5.41) is 19.7. The van der Waals surface area contributed by atoms with E-state index in [1.165, 1.54) is 19.4 Å². The smallest absolute Gasteiger partial charge is 0.243 e. The van der Waals surface area contributed by atoms with Crippen LogP contribution >= 0.6 is 0 Å². The van der Waals surface area contributed by atoms with Crippen molar-refractivity contribution in [3.8, 4) is 0 Å². The van der Waals surface area contributed by atoms with Gasteiger partial charge in [0.1, 0.15) is 30.2 Å². The number of nitrogens with one attached hydrogen (secondary N) is 9. The highest BCUT2D eigenvalue weighted by molar-refractivity contribution is 5.96. The SMILES string of the molecule is CC[C@H](C)C(CC(=O)N[C@@H](CC(C)C)C(N)=O)NC(=O)[C@H](Cc1cnc[nH]1)NC(=O)CCNC(=O)[C@@H](NC(=O)[C@H](C)NC(=O)[C@H](Cc1c[nH]c2ccccc12)NC(=O)[C@@H](N)CCC(N)=O)C(C)C. The van der Waals surface area contributed by atoms with Crippen LogP contribution in [-0.2, 0) is 56.0 Å². The van der Waals surface area contributed by atoms with Gasteiger partial charge in [0.25, 0.3) is 0 Å². The highest BCUT2D eigenvalue weighted by Gasteiger charge is 2.32. The van der Waals surface area contributed by atoms with Gasteiger partial charge in [-0.1, -0.05) is 66.2 Å². The van der Waals surface area contributed by atoms with Gasteiger partial charge in [0.05, 0.1) is 12.4 Å². The van der Waals surface area contributed by atoms with Crippen molar-refractivity contribution in [2.24, 2.45) is 35.0 Å². The number of benzene rings is 1. The molecule has 0 spiro atoms. The van der Waals surface area contributed by atoms with Crippen molar-refractivity contribution in [3.63, 3.8) is 0 Å². The topological polar surface area (TPSA) is 360 Å². The molecule has 2 aromatic heterocycles. The maximum Gasteiger partial charge on any atom is 0.243 e. The van der Waals surface area contributed by atoms with E-state index in [0.29, 0.717) is 24.1 Å². The molecule has 2 heterocycles. The van der Waals surface area contributed by atoms with Gasteiger partial charge in [-0.3, -0.25) is 43.2 Å². The number of rotatable bonds is 29. The molecule has 68 heavy (non-hydrogen) atoms. The third kappa shape index (κ3) is 18.1. The fraction of sp³-hybridized carbons (Fsp3) is 0.565. The minimum atomic E-state index is -1.19. The Labute approximate surface area is 396 Å². The number of imidazole rings is 1. The van der Waals surface area contributed by atoms with E-state index in [9.17, 15) is 43.2 Å². The summed E-state index contributed by atoms with van der Waals surface area (Å²) in [7, 11) is 0. The van der Waals surface area contributed by atoms with E-state index in [0.717, 1.165) is 10.9 Å². The van der Waals surface area contributed by atoms with Gasteiger partial charge < -0.3 is 64.4 Å². The second-order valence-electron chi connectivity index (χ2n) is 18.0. The van der Waals surface area contributed by atoms with Crippen LogP contribution in [-0.4, -0.2) is 117 Å². The van der Waals surface area contributed by atoms with Crippen molar-refractivity contribution in [1.82, 2.24) is 52.2 Å². The number of carbonyl (C=O) groups is 9. The average Bonchev–Trinajstić information content (AvgIpc) is 3.95. The van der Waals surface area contributed by atoms with Crippen LogP contribution in [0.5, 0.6) is 0 Å². The summed E-state index contributed by atoms with van der Waals surface area (Å²) >= 11 is 0. The van der Waals surface area contributed by atoms with E-state index in [2.05, 4.69) is 52.2 Å². The van der Waals surface area contributed by atoms with Crippen LogP contribution in [0.3, 0.4) is 0 Å². The standard InChI is InChI=1S/C46H71N13O9/c1-8-26(6)33(20-39(62)55-34(41(49)63)17-24(2)3)57-45(67)36(19-29-22-50-23-53-29)56-38(61)15-16-51-46(68)40(25(4)5)59-42(64)27(7)54-44(66)35(58-43(65)31(47)13-14-37(48)60)18-28-21-52-32-12-10-9-11-30(28)32/h9-12,21-27,31,33-36,40,52H,8,13-20,47H2,1-7H3,(H2,48,60)(H2,49,63)(H,50,53)(H,51,68)(H,54,66)(H,55,62)(H,56,61)(H,57,67)(H,58,65)(H,59,64)/t26-,27-,31-,33?,34-,35-,36-,40-/m0/s1. The molecule has 0 saturated carbocycles. The Hall–Kier alpha value is -6.84. The fourth-order valence-corrected chi connectivity index (χ4v) is 7.26. The maximum absolute atomic E-state index is 13.8. The summed E-state index contributed by atoms with van der Waals surface area (Å²) in [6, 6.07) is 0.129. The lowest BCUT2D eigenvalue weighted by molar-refractivity contribution is -0.134. The summed E-state index contributed by atoms with van der Waals surface area (Å²) in [4.78, 5) is 127. The van der Waals surface area contributed by atoms with Gasteiger partial charge in [0.2, 0.25) is 53.2 Å². The number of hydrogen-bond donors (Lipinski definition) is 12. The molecular weight excluding hydrogens is 879 g/mol. The zero-order chi connectivity index (χ0) is 50.7. The van der Waals surface area contributed by atoms with E-state index in [1.807, 2.05) is 52.0 Å². The number of aromatic nitrogens is 3. The van der Waals surface area contributed by atoms with Crippen LogP contribution in [0.25, 0.3) is 10.9 Å². The summed E-state index contributed by atoms with van der Waals surface area (Å²) < 4.78 is 0. The molecule has 0 saturated heterocycles. The van der Waals surface area contributed by atoms with Crippen molar-refractivity contribution < 1.29 is 43.2 Å². The minimum Gasteiger partial charge on any atom is -0.370 e. The van der Waals surface area contributed by atoms with E-state index >= 15 is 0 Å². The predicted molar refractivity (Wildman–Crippen MR) is 253 cm³/mol. The van der Waals surface area contributed by atoms with Gasteiger partial charge in [0, 0.05) is 73.7 Å². The lowest BCUT2D eigenvalue weighted by Crippen LogP contribution is -2.58. The number of hydrogen-bond acceptors (Lipinski definition) is 11. The molecular formula is C46H71N13O9. The van der Waals surface area contributed by atoms with Crippen LogP contribution in [0, 0.1) is 17.8 Å². The van der Waals surface area contributed by atoms with Crippen LogP contribution in [0.1, 0.15) is 98.2 Å². The minimum absolute atomic E-state index is 0.0215. The second kappa shape index (κ2) is 27.1. The number of primary amides is 2. The molecule has 8 atom stereocenters. The number of amides is 9. The largest absolute Gasteiger partial charge is 0.370 e. The Morgan fingerprint density at radius 1 is 0.706 bits per heavy atom. The van der Waals surface area contributed by atoms with Crippen molar-refractivity contribution in [2.45, 2.75) is 142 Å². The van der Waals surface area contributed by atoms with Gasteiger partial charge in [-0.25, -0.2) is 4.98 Å². The number of nitrogens with zero attached hydrogens (tertiary/aromatic N) is 1. The van der Waals surface area contributed by atoms with Crippen molar-refractivity contribution in [3.05, 3.63) is 54.2 Å². The first-order valence-corrected chi connectivity index (χ1v) is 23.0. The highest BCUT2D eigenvalue weighted by atomic mass is 16.2. The zero-order valence-electron chi connectivity index (χ0n) is 40.0. The molecule has 3 aromatic rings. The second-order valence-corrected chi connectivity index (χ2v) is 18.0. The third-order valence-corrected chi connectivity index (χ3v) is 11.5. The summed E-state index contributed by atoms with van der Waals surface area (Å²) in [6.07, 6.45) is 5.07. The number of nitrogens with two attached hydrogens (primary N) is 3. The first-order chi connectivity index (χ1) is 32.1. The molecule has 0 aliphatic rings. The fourth-order valence-electron chi connectivity index (χ4n) is 7.26. The molecule has 1 aromatic carbocycles. The van der Waals surface area contributed by atoms with Gasteiger partial charge in [-0.2, -0.15) is 0 Å². The Balaban J connectivity index is 1.63. The molecule has 0 aliphatic heterocycles. The van der Waals surface area contributed by atoms with Gasteiger partial charge in [-0.05, 0) is 49.1 Å². The van der Waals surface area contributed by atoms with Crippen LogP contribution < -0.4 is 54.4 Å². The number of aromatic amines is 2. The van der Waals surface area contributed by atoms with Crippen LogP contribution in [0.4, 0.5) is 0 Å². The maximum atomic E-state index is 13.8. The summed E-state index contributed by atoms with van der Waals surface area (Å²) in [5.41, 5.74) is 18.8. The summed E-state index contributed by atoms with van der Waals surface area (Å²) in [6.45, 7) is 12.2. The van der Waals surface area contributed by atoms with E-state index in [-0.39, 0.29) is 56.9 Å².